The highest BCUT2D eigenvalue weighted by molar-refractivity contribution is 7.90. The van der Waals surface area contributed by atoms with Crippen LogP contribution in [-0.2, 0) is 9.84 Å². The van der Waals surface area contributed by atoms with Crippen molar-refractivity contribution in [2.75, 3.05) is 17.3 Å². The number of aliphatic hydroxyl groups is 1. The molecule has 1 aromatic carbocycles. The molecule has 6 heteroatoms. The summed E-state index contributed by atoms with van der Waals surface area (Å²) < 4.78 is 23.2. The van der Waals surface area contributed by atoms with E-state index in [0.717, 1.165) is 6.26 Å². The number of hydrogen-bond donors (Lipinski definition) is 3. The third kappa shape index (κ3) is 2.42. The smallest absolute Gasteiger partial charge is 0.177 e. The number of nitrogen functional groups attached to an aromatic ring is 1. The fraction of sp³-hybridized carbons (Fsp3) is 0.538. The number of aliphatic hydroxyl groups excluding tert-OH is 1. The molecule has 0 saturated heterocycles. The number of nitrogens with one attached hydrogen (secondary N) is 1. The number of nitrogens with two attached hydrogens (primary N) is 1. The highest BCUT2D eigenvalue weighted by atomic mass is 32.2. The van der Waals surface area contributed by atoms with E-state index in [9.17, 15) is 13.5 Å². The molecule has 5 nitrogen and oxygen atoms in total. The maximum absolute atomic E-state index is 11.6. The molecule has 4 N–H and O–H groups in total. The second-order valence-corrected chi connectivity index (χ2v) is 7.74. The van der Waals surface area contributed by atoms with Gasteiger partial charge in [-0.1, -0.05) is 19.9 Å². The molecule has 0 radical (unpaired) electrons. The first-order valence-corrected chi connectivity index (χ1v) is 8.06. The van der Waals surface area contributed by atoms with E-state index in [1.54, 1.807) is 12.1 Å². The van der Waals surface area contributed by atoms with E-state index in [4.69, 9.17) is 5.73 Å². The Morgan fingerprint density at radius 3 is 2.53 bits per heavy atom. The maximum atomic E-state index is 11.6. The van der Waals surface area contributed by atoms with Gasteiger partial charge in [-0.15, -0.1) is 0 Å². The molecule has 1 aliphatic carbocycles. The van der Waals surface area contributed by atoms with Crippen LogP contribution >= 0.6 is 0 Å². The van der Waals surface area contributed by atoms with E-state index in [1.807, 2.05) is 13.8 Å². The average Bonchev–Trinajstić information content (AvgIpc) is 2.29. The molecule has 0 aromatic heterocycles. The summed E-state index contributed by atoms with van der Waals surface area (Å²) in [6.45, 7) is 3.94. The fourth-order valence-corrected chi connectivity index (χ4v) is 3.16. The second-order valence-electron chi connectivity index (χ2n) is 5.76. The van der Waals surface area contributed by atoms with Gasteiger partial charge in [-0.2, -0.15) is 0 Å². The van der Waals surface area contributed by atoms with Gasteiger partial charge in [0.2, 0.25) is 0 Å². The molecule has 0 amide bonds. The Morgan fingerprint density at radius 2 is 2.05 bits per heavy atom. The van der Waals surface area contributed by atoms with Crippen LogP contribution in [0.4, 0.5) is 11.4 Å². The van der Waals surface area contributed by atoms with Crippen LogP contribution < -0.4 is 11.1 Å². The zero-order valence-electron chi connectivity index (χ0n) is 11.3. The van der Waals surface area contributed by atoms with Gasteiger partial charge in [0.05, 0.1) is 22.4 Å². The fourth-order valence-electron chi connectivity index (χ4n) is 2.33. The van der Waals surface area contributed by atoms with Crippen molar-refractivity contribution in [3.63, 3.8) is 0 Å². The van der Waals surface area contributed by atoms with E-state index in [2.05, 4.69) is 5.32 Å². The molecule has 1 aromatic rings. The van der Waals surface area contributed by atoms with Crippen molar-refractivity contribution in [2.24, 2.45) is 5.41 Å². The van der Waals surface area contributed by atoms with Crippen molar-refractivity contribution >= 4 is 21.2 Å². The molecular weight excluding hydrogens is 264 g/mol. The number of para-hydroxylation sites is 1. The number of hydrogen-bond acceptors (Lipinski definition) is 5. The number of benzene rings is 1. The van der Waals surface area contributed by atoms with Crippen LogP contribution in [0.3, 0.4) is 0 Å². The summed E-state index contributed by atoms with van der Waals surface area (Å²) in [7, 11) is -3.33. The summed E-state index contributed by atoms with van der Waals surface area (Å²) >= 11 is 0. The van der Waals surface area contributed by atoms with Gasteiger partial charge in [-0.3, -0.25) is 0 Å². The van der Waals surface area contributed by atoms with Crippen LogP contribution in [0.2, 0.25) is 0 Å². The third-order valence-electron chi connectivity index (χ3n) is 4.01. The highest BCUT2D eigenvalue weighted by Gasteiger charge is 2.47. The standard InChI is InChI=1S/C13H20N2O3S/c1-13(2)10(7-11(13)16)15-8-5-4-6-9(12(8)14)19(3,17)18/h4-6,10-11,15-16H,7,14H2,1-3H3. The Hall–Kier alpha value is -1.27. The van der Waals surface area contributed by atoms with Crippen LogP contribution in [0.25, 0.3) is 0 Å². The summed E-state index contributed by atoms with van der Waals surface area (Å²) in [6, 6.07) is 5.00. The van der Waals surface area contributed by atoms with Gasteiger partial charge in [0.15, 0.2) is 9.84 Å². The highest BCUT2D eigenvalue weighted by Crippen LogP contribution is 2.43. The van der Waals surface area contributed by atoms with Crippen molar-refractivity contribution in [3.05, 3.63) is 18.2 Å². The van der Waals surface area contributed by atoms with Crippen LogP contribution in [0.15, 0.2) is 23.1 Å². The lowest BCUT2D eigenvalue weighted by molar-refractivity contribution is -0.0510. The molecule has 1 saturated carbocycles. The Bertz CT molecular complexity index is 596. The van der Waals surface area contributed by atoms with E-state index in [0.29, 0.717) is 12.1 Å². The van der Waals surface area contributed by atoms with E-state index < -0.39 is 9.84 Å². The van der Waals surface area contributed by atoms with Gasteiger partial charge >= 0.3 is 0 Å². The number of sulfone groups is 1. The van der Waals surface area contributed by atoms with Gasteiger partial charge in [0.25, 0.3) is 0 Å². The normalized spacial score (nSPS) is 25.7. The SMILES string of the molecule is CC1(C)C(O)CC1Nc1cccc(S(C)(=O)=O)c1N. The van der Waals surface area contributed by atoms with Crippen LogP contribution in [0.5, 0.6) is 0 Å². The molecule has 0 heterocycles. The first kappa shape index (κ1) is 14.1. The van der Waals surface area contributed by atoms with Crippen molar-refractivity contribution in [1.29, 1.82) is 0 Å². The van der Waals surface area contributed by atoms with Crippen molar-refractivity contribution in [2.45, 2.75) is 37.3 Å². The lowest BCUT2D eigenvalue weighted by Crippen LogP contribution is -2.56. The second kappa shape index (κ2) is 4.38. The minimum absolute atomic E-state index is 0.0830. The Kier molecular flexibility index (Phi) is 3.26. The van der Waals surface area contributed by atoms with Crippen LogP contribution in [-0.4, -0.2) is 31.9 Å². The summed E-state index contributed by atoms with van der Waals surface area (Å²) in [5, 5.41) is 12.9. The predicted molar refractivity (Wildman–Crippen MR) is 75.8 cm³/mol. The molecular formula is C13H20N2O3S. The lowest BCUT2D eigenvalue weighted by atomic mass is 9.64. The maximum Gasteiger partial charge on any atom is 0.177 e. The molecule has 19 heavy (non-hydrogen) atoms. The quantitative estimate of drug-likeness (QED) is 0.726. The van der Waals surface area contributed by atoms with Gasteiger partial charge < -0.3 is 16.2 Å². The van der Waals surface area contributed by atoms with Gasteiger partial charge in [0.1, 0.15) is 0 Å². The summed E-state index contributed by atoms with van der Waals surface area (Å²) in [6.07, 6.45) is 1.43. The van der Waals surface area contributed by atoms with Crippen LogP contribution in [0, 0.1) is 5.41 Å². The minimum Gasteiger partial charge on any atom is -0.396 e. The van der Waals surface area contributed by atoms with Crippen molar-refractivity contribution in [1.82, 2.24) is 0 Å². The molecule has 0 aliphatic heterocycles. The molecule has 106 valence electrons. The molecule has 1 fully saturated rings. The lowest BCUT2D eigenvalue weighted by Gasteiger charge is -2.50. The molecule has 0 spiro atoms. The average molecular weight is 284 g/mol. The first-order valence-electron chi connectivity index (χ1n) is 6.17. The number of anilines is 2. The van der Waals surface area contributed by atoms with Gasteiger partial charge in [0, 0.05) is 17.7 Å². The Balaban J connectivity index is 2.28. The van der Waals surface area contributed by atoms with E-state index in [-0.39, 0.29) is 28.1 Å². The van der Waals surface area contributed by atoms with Crippen LogP contribution in [0.1, 0.15) is 20.3 Å². The molecule has 2 atom stereocenters. The molecule has 2 unspecified atom stereocenters. The predicted octanol–water partition coefficient (Wildman–Crippen LogP) is 1.24. The summed E-state index contributed by atoms with van der Waals surface area (Å²) in [5.74, 6) is 0. The molecule has 1 aliphatic rings. The number of rotatable bonds is 3. The minimum atomic E-state index is -3.33. The first-order chi connectivity index (χ1) is 8.64. The Morgan fingerprint density at radius 1 is 1.42 bits per heavy atom. The molecule has 2 rings (SSSR count). The zero-order chi connectivity index (χ0) is 14.4. The van der Waals surface area contributed by atoms with E-state index in [1.165, 1.54) is 6.07 Å². The monoisotopic (exact) mass is 284 g/mol. The topological polar surface area (TPSA) is 92.4 Å². The molecule has 0 bridgehead atoms. The van der Waals surface area contributed by atoms with Crippen molar-refractivity contribution < 1.29 is 13.5 Å². The summed E-state index contributed by atoms with van der Waals surface area (Å²) in [5.41, 5.74) is 6.52. The Labute approximate surface area is 113 Å². The summed E-state index contributed by atoms with van der Waals surface area (Å²) in [4.78, 5) is 0.134. The van der Waals surface area contributed by atoms with E-state index >= 15 is 0 Å². The zero-order valence-corrected chi connectivity index (χ0v) is 12.2. The largest absolute Gasteiger partial charge is 0.396 e. The van der Waals surface area contributed by atoms with Gasteiger partial charge in [-0.05, 0) is 18.6 Å². The van der Waals surface area contributed by atoms with Crippen molar-refractivity contribution in [3.8, 4) is 0 Å². The third-order valence-corrected chi connectivity index (χ3v) is 5.17. The van der Waals surface area contributed by atoms with Gasteiger partial charge in [-0.25, -0.2) is 8.42 Å².